The second kappa shape index (κ2) is 8.77. The zero-order valence-corrected chi connectivity index (χ0v) is 19.0. The molecule has 0 heterocycles. The third-order valence-electron chi connectivity index (χ3n) is 4.51. The predicted molar refractivity (Wildman–Crippen MR) is 122 cm³/mol. The number of rotatable bonds is 6. The van der Waals surface area contributed by atoms with E-state index >= 15 is 0 Å². The van der Waals surface area contributed by atoms with Crippen LogP contribution in [0.15, 0.2) is 48.5 Å². The molecule has 1 amide bonds. The maximum Gasteiger partial charge on any atom is 0.328 e. The summed E-state index contributed by atoms with van der Waals surface area (Å²) in [6.07, 6.45) is 0. The Morgan fingerprint density at radius 3 is 2.57 bits per heavy atom. The molecule has 30 heavy (non-hydrogen) atoms. The summed E-state index contributed by atoms with van der Waals surface area (Å²) in [5.41, 5.74) is -0.710. The molecule has 0 radical (unpaired) electrons. The second-order valence-electron chi connectivity index (χ2n) is 7.21. The van der Waals surface area contributed by atoms with Crippen molar-refractivity contribution in [3.05, 3.63) is 74.1 Å². The van der Waals surface area contributed by atoms with E-state index in [1.807, 2.05) is 52.9 Å². The van der Waals surface area contributed by atoms with Gasteiger partial charge in [0.05, 0.1) is 10.6 Å². The molecule has 0 saturated carbocycles. The van der Waals surface area contributed by atoms with Crippen LogP contribution in [0.4, 0.5) is 4.39 Å². The molecule has 3 rings (SSSR count). The van der Waals surface area contributed by atoms with Crippen LogP contribution in [0.25, 0.3) is 10.8 Å². The van der Waals surface area contributed by atoms with Gasteiger partial charge in [-0.2, -0.15) is 0 Å². The quantitative estimate of drug-likeness (QED) is 0.409. The molecule has 0 atom stereocenters. The Balaban J connectivity index is 2.05. The van der Waals surface area contributed by atoms with Crippen LogP contribution in [0.5, 0.6) is 5.75 Å². The SMILES string of the molecule is CC(C)(NC(=O)c1c(I)cc2ccccc2c1OCc1ccc(Cl)c(F)c1)C(=O)O. The van der Waals surface area contributed by atoms with Gasteiger partial charge in [-0.1, -0.05) is 41.9 Å². The van der Waals surface area contributed by atoms with E-state index in [4.69, 9.17) is 16.3 Å². The number of fused-ring (bicyclic) bond motifs is 1. The number of carbonyl (C=O) groups is 2. The molecule has 3 aromatic carbocycles. The molecule has 5 nitrogen and oxygen atoms in total. The Morgan fingerprint density at radius 1 is 1.20 bits per heavy atom. The first kappa shape index (κ1) is 22.3. The molecule has 156 valence electrons. The third-order valence-corrected chi connectivity index (χ3v) is 5.67. The average molecular weight is 542 g/mol. The first-order chi connectivity index (χ1) is 14.1. The molecule has 0 aliphatic heterocycles. The van der Waals surface area contributed by atoms with Gasteiger partial charge in [0, 0.05) is 8.96 Å². The van der Waals surface area contributed by atoms with Crippen LogP contribution in [0.1, 0.15) is 29.8 Å². The molecule has 2 N–H and O–H groups in total. The number of hydrogen-bond acceptors (Lipinski definition) is 3. The molecule has 0 bridgehead atoms. The van der Waals surface area contributed by atoms with Crippen molar-refractivity contribution in [1.82, 2.24) is 5.32 Å². The van der Waals surface area contributed by atoms with Crippen LogP contribution < -0.4 is 10.1 Å². The zero-order chi connectivity index (χ0) is 22.1. The minimum absolute atomic E-state index is 0.000774. The Kier molecular flexibility index (Phi) is 6.52. The van der Waals surface area contributed by atoms with E-state index in [2.05, 4.69) is 5.32 Å². The highest BCUT2D eigenvalue weighted by molar-refractivity contribution is 14.1. The van der Waals surface area contributed by atoms with E-state index in [1.165, 1.54) is 26.0 Å². The van der Waals surface area contributed by atoms with Crippen LogP contribution in [-0.4, -0.2) is 22.5 Å². The van der Waals surface area contributed by atoms with Crippen molar-refractivity contribution in [1.29, 1.82) is 0 Å². The molecular formula is C22H18ClFINO4. The summed E-state index contributed by atoms with van der Waals surface area (Å²) < 4.78 is 20.4. The topological polar surface area (TPSA) is 75.6 Å². The normalized spacial score (nSPS) is 11.4. The van der Waals surface area contributed by atoms with Gasteiger partial charge in [0.15, 0.2) is 0 Å². The van der Waals surface area contributed by atoms with Gasteiger partial charge >= 0.3 is 5.97 Å². The molecule has 0 spiro atoms. The van der Waals surface area contributed by atoms with Gasteiger partial charge in [0.25, 0.3) is 5.91 Å². The third kappa shape index (κ3) is 4.67. The molecule has 0 aromatic heterocycles. The Morgan fingerprint density at radius 2 is 1.90 bits per heavy atom. The lowest BCUT2D eigenvalue weighted by atomic mass is 10.0. The second-order valence-corrected chi connectivity index (χ2v) is 8.77. The van der Waals surface area contributed by atoms with Crippen LogP contribution in [-0.2, 0) is 11.4 Å². The van der Waals surface area contributed by atoms with Crippen molar-refractivity contribution in [3.8, 4) is 5.75 Å². The summed E-state index contributed by atoms with van der Waals surface area (Å²) in [5.74, 6) is -2.00. The van der Waals surface area contributed by atoms with Gasteiger partial charge in [0.1, 0.15) is 23.7 Å². The summed E-state index contributed by atoms with van der Waals surface area (Å²) in [5, 5.41) is 13.4. The zero-order valence-electron chi connectivity index (χ0n) is 16.1. The van der Waals surface area contributed by atoms with E-state index < -0.39 is 23.2 Å². The number of amides is 1. The van der Waals surface area contributed by atoms with E-state index in [9.17, 15) is 19.1 Å². The smallest absolute Gasteiger partial charge is 0.328 e. The number of ether oxygens (including phenoxy) is 1. The summed E-state index contributed by atoms with van der Waals surface area (Å²) in [7, 11) is 0. The lowest BCUT2D eigenvalue weighted by Crippen LogP contribution is -2.49. The summed E-state index contributed by atoms with van der Waals surface area (Å²) in [4.78, 5) is 24.5. The summed E-state index contributed by atoms with van der Waals surface area (Å²) in [6, 6.07) is 13.5. The highest BCUT2D eigenvalue weighted by Crippen LogP contribution is 2.35. The molecule has 8 heteroatoms. The number of aliphatic carboxylic acids is 1. The highest BCUT2D eigenvalue weighted by Gasteiger charge is 2.31. The van der Waals surface area contributed by atoms with Crippen molar-refractivity contribution < 1.29 is 23.8 Å². The maximum absolute atomic E-state index is 13.8. The van der Waals surface area contributed by atoms with Gasteiger partial charge < -0.3 is 15.2 Å². The first-order valence-corrected chi connectivity index (χ1v) is 10.4. The lowest BCUT2D eigenvalue weighted by molar-refractivity contribution is -0.143. The van der Waals surface area contributed by atoms with Gasteiger partial charge in [0.2, 0.25) is 0 Å². The minimum Gasteiger partial charge on any atom is -0.487 e. The molecular weight excluding hydrogens is 524 g/mol. The highest BCUT2D eigenvalue weighted by atomic mass is 127. The fourth-order valence-electron chi connectivity index (χ4n) is 2.83. The van der Waals surface area contributed by atoms with Crippen LogP contribution in [0.2, 0.25) is 5.02 Å². The number of nitrogens with one attached hydrogen (secondary N) is 1. The van der Waals surface area contributed by atoms with E-state index in [0.717, 1.165) is 5.39 Å². The van der Waals surface area contributed by atoms with Crippen LogP contribution in [0, 0.1) is 9.39 Å². The van der Waals surface area contributed by atoms with E-state index in [1.54, 1.807) is 6.07 Å². The summed E-state index contributed by atoms with van der Waals surface area (Å²) >= 11 is 7.75. The number of hydrogen-bond donors (Lipinski definition) is 2. The van der Waals surface area contributed by atoms with Gasteiger partial charge in [-0.15, -0.1) is 0 Å². The predicted octanol–water partition coefficient (Wildman–Crippen LogP) is 5.41. The van der Waals surface area contributed by atoms with Crippen molar-refractivity contribution >= 4 is 56.8 Å². The number of carboxylic acid groups (broad SMARTS) is 1. The van der Waals surface area contributed by atoms with Gasteiger partial charge in [-0.3, -0.25) is 4.79 Å². The summed E-state index contributed by atoms with van der Waals surface area (Å²) in [6.45, 7) is 2.80. The largest absolute Gasteiger partial charge is 0.487 e. The lowest BCUT2D eigenvalue weighted by Gasteiger charge is -2.23. The molecule has 0 saturated heterocycles. The van der Waals surface area contributed by atoms with Crippen molar-refractivity contribution in [2.24, 2.45) is 0 Å². The maximum atomic E-state index is 13.8. The molecule has 0 aliphatic rings. The van der Waals surface area contributed by atoms with E-state index in [-0.39, 0.29) is 17.2 Å². The minimum atomic E-state index is -1.47. The van der Waals surface area contributed by atoms with Crippen molar-refractivity contribution in [2.75, 3.05) is 0 Å². The fourth-order valence-corrected chi connectivity index (χ4v) is 3.77. The Bertz CT molecular complexity index is 1150. The van der Waals surface area contributed by atoms with Crippen molar-refractivity contribution in [3.63, 3.8) is 0 Å². The monoisotopic (exact) mass is 541 g/mol. The van der Waals surface area contributed by atoms with Gasteiger partial charge in [-0.25, -0.2) is 9.18 Å². The number of benzene rings is 3. The molecule has 0 aliphatic carbocycles. The first-order valence-electron chi connectivity index (χ1n) is 8.94. The Hall–Kier alpha value is -2.39. The van der Waals surface area contributed by atoms with Crippen LogP contribution >= 0.6 is 34.2 Å². The van der Waals surface area contributed by atoms with Crippen LogP contribution in [0.3, 0.4) is 0 Å². The van der Waals surface area contributed by atoms with E-state index in [0.29, 0.717) is 20.3 Å². The average Bonchev–Trinajstić information content (AvgIpc) is 2.67. The Labute approximate surface area is 191 Å². The number of carbonyl (C=O) groups excluding carboxylic acids is 1. The fraction of sp³-hybridized carbons (Fsp3) is 0.182. The van der Waals surface area contributed by atoms with Crippen molar-refractivity contribution in [2.45, 2.75) is 26.0 Å². The number of carboxylic acids is 1. The number of halogens is 3. The molecule has 0 unspecified atom stereocenters. The standard InChI is InChI=1S/C22H18ClFINO4/c1-22(2,21(28)29)26-20(27)18-17(25)10-13-5-3-4-6-14(13)19(18)30-11-12-7-8-15(23)16(24)9-12/h3-10H,11H2,1-2H3,(H,26,27)(H,28,29). The molecule has 3 aromatic rings. The van der Waals surface area contributed by atoms with Gasteiger partial charge in [-0.05, 0) is 65.6 Å². The molecule has 0 fully saturated rings.